The second kappa shape index (κ2) is 7.93. The van der Waals surface area contributed by atoms with Gasteiger partial charge in [-0.05, 0) is 70.2 Å². The third-order valence-corrected chi connectivity index (χ3v) is 4.16. The van der Waals surface area contributed by atoms with Gasteiger partial charge in [0.15, 0.2) is 5.78 Å². The maximum absolute atomic E-state index is 12.3. The summed E-state index contributed by atoms with van der Waals surface area (Å²) in [5.74, 6) is 0.139. The first-order valence-corrected chi connectivity index (χ1v) is 7.80. The van der Waals surface area contributed by atoms with Crippen LogP contribution in [0.3, 0.4) is 0 Å². The third kappa shape index (κ3) is 4.84. The predicted molar refractivity (Wildman–Crippen MR) is 96.6 cm³/mol. The molecule has 0 N–H and O–H groups in total. The lowest BCUT2D eigenvalue weighted by Gasteiger charge is -2.14. The third-order valence-electron chi connectivity index (χ3n) is 4.16. The summed E-state index contributed by atoms with van der Waals surface area (Å²) in [7, 11) is 0. The normalized spacial score (nSPS) is 10.2. The standard InChI is InChI=1S/C21H28O/c1-8-9-21(22)20-13-18(7)17(6)12-19(20)11-15(4)10-16(5)14(2)3/h8,12-13H,1,4,9-11H2,2-3,5-7H3. The van der Waals surface area contributed by atoms with E-state index in [0.717, 1.165) is 35.1 Å². The average molecular weight is 296 g/mol. The molecule has 0 fully saturated rings. The first-order chi connectivity index (χ1) is 10.3. The molecule has 1 heteroatoms. The fourth-order valence-electron chi connectivity index (χ4n) is 2.41. The van der Waals surface area contributed by atoms with Crippen molar-refractivity contribution in [3.8, 4) is 0 Å². The first kappa shape index (κ1) is 18.2. The Morgan fingerprint density at radius 2 is 1.73 bits per heavy atom. The summed E-state index contributed by atoms with van der Waals surface area (Å²) >= 11 is 0. The zero-order valence-corrected chi connectivity index (χ0v) is 14.7. The number of hydrogen-bond donors (Lipinski definition) is 0. The van der Waals surface area contributed by atoms with E-state index in [9.17, 15) is 4.79 Å². The number of allylic oxidation sites excluding steroid dienone is 4. The van der Waals surface area contributed by atoms with E-state index in [1.807, 2.05) is 13.0 Å². The molecule has 0 aliphatic heterocycles. The molecule has 0 bridgehead atoms. The molecule has 118 valence electrons. The number of carbonyl (C=O) groups excluding carboxylic acids is 1. The Bertz CT molecular complexity index is 626. The van der Waals surface area contributed by atoms with Crippen LogP contribution in [0.25, 0.3) is 0 Å². The molecule has 0 aliphatic carbocycles. The van der Waals surface area contributed by atoms with Crippen molar-refractivity contribution in [1.29, 1.82) is 0 Å². The van der Waals surface area contributed by atoms with Crippen LogP contribution < -0.4 is 0 Å². The van der Waals surface area contributed by atoms with E-state index < -0.39 is 0 Å². The summed E-state index contributed by atoms with van der Waals surface area (Å²) < 4.78 is 0. The molecule has 0 unspecified atom stereocenters. The van der Waals surface area contributed by atoms with Crippen molar-refractivity contribution in [2.75, 3.05) is 0 Å². The van der Waals surface area contributed by atoms with Crippen molar-refractivity contribution in [2.24, 2.45) is 0 Å². The number of benzene rings is 1. The molecular formula is C21H28O. The summed E-state index contributed by atoms with van der Waals surface area (Å²) in [4.78, 5) is 12.3. The summed E-state index contributed by atoms with van der Waals surface area (Å²) in [5, 5.41) is 0. The van der Waals surface area contributed by atoms with Crippen LogP contribution in [0.4, 0.5) is 0 Å². The molecule has 0 saturated heterocycles. The van der Waals surface area contributed by atoms with Crippen LogP contribution >= 0.6 is 0 Å². The molecule has 0 heterocycles. The monoisotopic (exact) mass is 296 g/mol. The number of carbonyl (C=O) groups is 1. The molecule has 0 radical (unpaired) electrons. The van der Waals surface area contributed by atoms with Gasteiger partial charge < -0.3 is 0 Å². The minimum absolute atomic E-state index is 0.139. The fraction of sp³-hybridized carbons (Fsp3) is 0.381. The second-order valence-corrected chi connectivity index (χ2v) is 6.39. The lowest BCUT2D eigenvalue weighted by Crippen LogP contribution is -2.06. The van der Waals surface area contributed by atoms with Gasteiger partial charge in [0.1, 0.15) is 0 Å². The molecule has 0 amide bonds. The van der Waals surface area contributed by atoms with Gasteiger partial charge >= 0.3 is 0 Å². The van der Waals surface area contributed by atoms with Crippen LogP contribution in [0.15, 0.2) is 48.1 Å². The Morgan fingerprint density at radius 3 is 2.27 bits per heavy atom. The van der Waals surface area contributed by atoms with Crippen LogP contribution in [-0.2, 0) is 6.42 Å². The summed E-state index contributed by atoms with van der Waals surface area (Å²) in [5.41, 5.74) is 8.12. The van der Waals surface area contributed by atoms with Gasteiger partial charge in [-0.15, -0.1) is 6.58 Å². The van der Waals surface area contributed by atoms with Gasteiger partial charge in [0.25, 0.3) is 0 Å². The van der Waals surface area contributed by atoms with Gasteiger partial charge in [-0.3, -0.25) is 4.79 Å². The summed E-state index contributed by atoms with van der Waals surface area (Å²) in [6.07, 6.45) is 3.70. The van der Waals surface area contributed by atoms with Crippen molar-refractivity contribution >= 4 is 5.78 Å². The van der Waals surface area contributed by atoms with Gasteiger partial charge in [-0.1, -0.05) is 35.4 Å². The van der Waals surface area contributed by atoms with Crippen LogP contribution in [-0.4, -0.2) is 5.78 Å². The highest BCUT2D eigenvalue weighted by Gasteiger charge is 2.13. The van der Waals surface area contributed by atoms with E-state index >= 15 is 0 Å². The number of aryl methyl sites for hydroxylation is 2. The van der Waals surface area contributed by atoms with Gasteiger partial charge in [0.05, 0.1) is 0 Å². The van der Waals surface area contributed by atoms with E-state index in [2.05, 4.69) is 46.9 Å². The molecule has 1 aromatic rings. The molecule has 0 aliphatic rings. The van der Waals surface area contributed by atoms with Gasteiger partial charge in [0, 0.05) is 12.0 Å². The minimum Gasteiger partial charge on any atom is -0.294 e. The topological polar surface area (TPSA) is 17.1 Å². The highest BCUT2D eigenvalue weighted by atomic mass is 16.1. The molecule has 0 aromatic heterocycles. The largest absolute Gasteiger partial charge is 0.294 e. The van der Waals surface area contributed by atoms with Crippen molar-refractivity contribution in [3.63, 3.8) is 0 Å². The van der Waals surface area contributed by atoms with Crippen LogP contribution in [0.5, 0.6) is 0 Å². The van der Waals surface area contributed by atoms with Crippen molar-refractivity contribution in [2.45, 2.75) is 53.9 Å². The van der Waals surface area contributed by atoms with E-state index in [4.69, 9.17) is 0 Å². The Morgan fingerprint density at radius 1 is 1.14 bits per heavy atom. The Balaban J connectivity index is 3.10. The minimum atomic E-state index is 0.139. The van der Waals surface area contributed by atoms with E-state index in [1.165, 1.54) is 16.7 Å². The molecular weight excluding hydrogens is 268 g/mol. The van der Waals surface area contributed by atoms with Crippen LogP contribution in [0, 0.1) is 13.8 Å². The Hall–Kier alpha value is -1.89. The first-order valence-electron chi connectivity index (χ1n) is 7.80. The lowest BCUT2D eigenvalue weighted by molar-refractivity contribution is 0.0995. The van der Waals surface area contributed by atoms with E-state index in [-0.39, 0.29) is 5.78 Å². The molecule has 0 spiro atoms. The lowest BCUT2D eigenvalue weighted by atomic mass is 9.90. The van der Waals surface area contributed by atoms with Crippen molar-refractivity contribution in [1.82, 2.24) is 0 Å². The molecule has 1 aromatic carbocycles. The van der Waals surface area contributed by atoms with E-state index in [1.54, 1.807) is 6.08 Å². The molecule has 0 saturated carbocycles. The van der Waals surface area contributed by atoms with Gasteiger partial charge in [-0.2, -0.15) is 0 Å². The highest BCUT2D eigenvalue weighted by molar-refractivity contribution is 5.98. The van der Waals surface area contributed by atoms with E-state index in [0.29, 0.717) is 6.42 Å². The number of ketones is 1. The van der Waals surface area contributed by atoms with Crippen molar-refractivity contribution < 1.29 is 4.79 Å². The average Bonchev–Trinajstić information content (AvgIpc) is 2.42. The predicted octanol–water partition coefficient (Wildman–Crippen LogP) is 5.91. The van der Waals surface area contributed by atoms with Crippen LogP contribution in [0.1, 0.15) is 60.7 Å². The highest BCUT2D eigenvalue weighted by Crippen LogP contribution is 2.23. The molecule has 0 atom stereocenters. The van der Waals surface area contributed by atoms with Crippen molar-refractivity contribution in [3.05, 3.63) is 70.3 Å². The molecule has 1 rings (SSSR count). The summed E-state index contributed by atoms with van der Waals surface area (Å²) in [6.45, 7) is 18.4. The maximum Gasteiger partial charge on any atom is 0.166 e. The Kier molecular flexibility index (Phi) is 6.55. The summed E-state index contributed by atoms with van der Waals surface area (Å²) in [6, 6.07) is 4.15. The number of hydrogen-bond acceptors (Lipinski definition) is 1. The molecule has 22 heavy (non-hydrogen) atoms. The SMILES string of the molecule is C=CCC(=O)c1cc(C)c(C)cc1CC(=C)CC(C)=C(C)C. The fourth-order valence-corrected chi connectivity index (χ4v) is 2.41. The maximum atomic E-state index is 12.3. The van der Waals surface area contributed by atoms with Gasteiger partial charge in [-0.25, -0.2) is 0 Å². The zero-order chi connectivity index (χ0) is 16.9. The van der Waals surface area contributed by atoms with Gasteiger partial charge in [0.2, 0.25) is 0 Å². The Labute approximate surface area is 135 Å². The zero-order valence-electron chi connectivity index (χ0n) is 14.7. The molecule has 1 nitrogen and oxygen atoms in total. The smallest absolute Gasteiger partial charge is 0.166 e. The van der Waals surface area contributed by atoms with Crippen LogP contribution in [0.2, 0.25) is 0 Å². The quantitative estimate of drug-likeness (QED) is 0.451. The number of Topliss-reactive ketones (excluding diaryl/α,β-unsaturated/α-hetero) is 1. The number of rotatable bonds is 7. The second-order valence-electron chi connectivity index (χ2n) is 6.39.